The molecule has 1 aliphatic rings. The molecule has 1 aromatic rings. The number of rotatable bonds is 2. The van der Waals surface area contributed by atoms with Crippen LogP contribution in [0.3, 0.4) is 0 Å². The van der Waals surface area contributed by atoms with Gasteiger partial charge >= 0.3 is 0 Å². The molecule has 2 rings (SSSR count). The van der Waals surface area contributed by atoms with Gasteiger partial charge in [-0.3, -0.25) is 0 Å². The molecule has 0 atom stereocenters. The molecule has 1 aromatic carbocycles. The summed E-state index contributed by atoms with van der Waals surface area (Å²) in [5, 5.41) is 0.568. The molecule has 0 saturated heterocycles. The van der Waals surface area contributed by atoms with Gasteiger partial charge in [0.1, 0.15) is 0 Å². The van der Waals surface area contributed by atoms with Gasteiger partial charge in [0.05, 0.1) is 5.02 Å². The minimum atomic E-state index is -0.435. The highest BCUT2D eigenvalue weighted by Gasteiger charge is 2.28. The molecule has 0 radical (unpaired) electrons. The van der Waals surface area contributed by atoms with Crippen molar-refractivity contribution < 1.29 is 9.47 Å². The second-order valence-corrected chi connectivity index (χ2v) is 4.93. The summed E-state index contributed by atoms with van der Waals surface area (Å²) in [5.41, 5.74) is 7.81. The van der Waals surface area contributed by atoms with Gasteiger partial charge in [-0.2, -0.15) is 0 Å². The minimum absolute atomic E-state index is 0.233. The summed E-state index contributed by atoms with van der Waals surface area (Å²) < 4.78 is 10.8. The van der Waals surface area contributed by atoms with Crippen LogP contribution in [0.2, 0.25) is 5.02 Å². The number of hydrogen-bond donors (Lipinski definition) is 1. The molecule has 0 aliphatic carbocycles. The van der Waals surface area contributed by atoms with E-state index in [1.807, 2.05) is 19.9 Å². The fourth-order valence-electron chi connectivity index (χ4n) is 2.01. The number of nitrogens with two attached hydrogens (primary N) is 1. The molecule has 4 heteroatoms. The minimum Gasteiger partial charge on any atom is -0.453 e. The third kappa shape index (κ3) is 1.74. The van der Waals surface area contributed by atoms with E-state index in [0.717, 1.165) is 23.3 Å². The Balaban J connectivity index is 2.67. The van der Waals surface area contributed by atoms with E-state index in [-0.39, 0.29) is 6.79 Å². The second-order valence-electron chi connectivity index (χ2n) is 4.52. The first kappa shape index (κ1) is 11.6. The normalized spacial score (nSPS) is 14.3. The smallest absolute Gasteiger partial charge is 0.231 e. The van der Waals surface area contributed by atoms with E-state index in [0.29, 0.717) is 10.8 Å². The van der Waals surface area contributed by atoms with Crippen molar-refractivity contribution in [2.24, 2.45) is 5.73 Å². The summed E-state index contributed by atoms with van der Waals surface area (Å²) >= 11 is 6.15. The molecule has 0 amide bonds. The first-order valence-corrected chi connectivity index (χ1v) is 5.73. The van der Waals surface area contributed by atoms with Gasteiger partial charge in [0.25, 0.3) is 0 Å². The standard InChI is InChI=1S/C12H16ClNO2/c1-4-7-8(12(2,3)14)5-9(13)11-10(7)15-6-16-11/h5H,4,6,14H2,1-3H3. The van der Waals surface area contributed by atoms with E-state index in [1.54, 1.807) is 0 Å². The van der Waals surface area contributed by atoms with Crippen LogP contribution in [0, 0.1) is 0 Å². The highest BCUT2D eigenvalue weighted by molar-refractivity contribution is 6.32. The number of benzene rings is 1. The molecular weight excluding hydrogens is 226 g/mol. The van der Waals surface area contributed by atoms with E-state index >= 15 is 0 Å². The first-order valence-electron chi connectivity index (χ1n) is 5.35. The quantitative estimate of drug-likeness (QED) is 0.866. The SMILES string of the molecule is CCc1c(C(C)(C)N)cc(Cl)c2c1OCO2. The monoisotopic (exact) mass is 241 g/mol. The number of fused-ring (bicyclic) bond motifs is 1. The van der Waals surface area contributed by atoms with Gasteiger partial charge in [-0.05, 0) is 31.9 Å². The summed E-state index contributed by atoms with van der Waals surface area (Å²) in [6, 6.07) is 1.88. The van der Waals surface area contributed by atoms with Crippen molar-refractivity contribution in [1.29, 1.82) is 0 Å². The van der Waals surface area contributed by atoms with E-state index in [2.05, 4.69) is 6.92 Å². The summed E-state index contributed by atoms with van der Waals surface area (Å²) in [5.74, 6) is 1.40. The van der Waals surface area contributed by atoms with Gasteiger partial charge in [0.2, 0.25) is 6.79 Å². The fourth-order valence-corrected chi connectivity index (χ4v) is 2.26. The van der Waals surface area contributed by atoms with E-state index in [4.69, 9.17) is 26.8 Å². The van der Waals surface area contributed by atoms with Gasteiger partial charge in [-0.15, -0.1) is 0 Å². The summed E-state index contributed by atoms with van der Waals surface area (Å²) in [6.07, 6.45) is 0.846. The number of hydrogen-bond acceptors (Lipinski definition) is 3. The van der Waals surface area contributed by atoms with Crippen LogP contribution in [0.4, 0.5) is 0 Å². The van der Waals surface area contributed by atoms with Crippen LogP contribution in [0.15, 0.2) is 6.07 Å². The van der Waals surface area contributed by atoms with E-state index < -0.39 is 5.54 Å². The Morgan fingerprint density at radius 3 is 2.56 bits per heavy atom. The highest BCUT2D eigenvalue weighted by atomic mass is 35.5. The third-order valence-corrected chi connectivity index (χ3v) is 3.03. The zero-order valence-electron chi connectivity index (χ0n) is 9.76. The maximum absolute atomic E-state index is 6.15. The zero-order valence-corrected chi connectivity index (χ0v) is 10.5. The van der Waals surface area contributed by atoms with Crippen LogP contribution < -0.4 is 15.2 Å². The van der Waals surface area contributed by atoms with Crippen LogP contribution in [-0.4, -0.2) is 6.79 Å². The lowest BCUT2D eigenvalue weighted by Crippen LogP contribution is -2.30. The van der Waals surface area contributed by atoms with Gasteiger partial charge in [-0.1, -0.05) is 18.5 Å². The Labute approximate surface area is 100 Å². The molecule has 0 spiro atoms. The highest BCUT2D eigenvalue weighted by Crippen LogP contribution is 2.45. The van der Waals surface area contributed by atoms with Crippen molar-refractivity contribution in [3.63, 3.8) is 0 Å². The summed E-state index contributed by atoms with van der Waals surface area (Å²) in [6.45, 7) is 6.22. The molecule has 88 valence electrons. The van der Waals surface area contributed by atoms with Crippen LogP contribution in [0.5, 0.6) is 11.5 Å². The lowest BCUT2D eigenvalue weighted by atomic mass is 9.89. The molecule has 0 saturated carbocycles. The molecule has 2 N–H and O–H groups in total. The maximum Gasteiger partial charge on any atom is 0.231 e. The van der Waals surface area contributed by atoms with Crippen LogP contribution >= 0.6 is 11.6 Å². The first-order chi connectivity index (χ1) is 7.45. The van der Waals surface area contributed by atoms with Crippen molar-refractivity contribution in [1.82, 2.24) is 0 Å². The van der Waals surface area contributed by atoms with Gasteiger partial charge in [0, 0.05) is 11.1 Å². The Morgan fingerprint density at radius 2 is 2.00 bits per heavy atom. The molecule has 16 heavy (non-hydrogen) atoms. The van der Waals surface area contributed by atoms with Crippen molar-refractivity contribution in [2.75, 3.05) is 6.79 Å². The average molecular weight is 242 g/mol. The molecular formula is C12H16ClNO2. The van der Waals surface area contributed by atoms with Gasteiger partial charge < -0.3 is 15.2 Å². The number of ether oxygens (including phenoxy) is 2. The molecule has 1 aliphatic heterocycles. The zero-order chi connectivity index (χ0) is 11.9. The van der Waals surface area contributed by atoms with Crippen LogP contribution in [0.1, 0.15) is 31.9 Å². The van der Waals surface area contributed by atoms with E-state index in [1.165, 1.54) is 0 Å². The van der Waals surface area contributed by atoms with Crippen molar-refractivity contribution >= 4 is 11.6 Å². The van der Waals surface area contributed by atoms with Crippen LogP contribution in [0.25, 0.3) is 0 Å². The summed E-state index contributed by atoms with van der Waals surface area (Å²) in [7, 11) is 0. The maximum atomic E-state index is 6.15. The molecule has 0 bridgehead atoms. The Morgan fingerprint density at radius 1 is 1.38 bits per heavy atom. The Bertz CT molecular complexity index is 424. The predicted octanol–water partition coefficient (Wildman–Crippen LogP) is 2.82. The number of halogens is 1. The fraction of sp³-hybridized carbons (Fsp3) is 0.500. The van der Waals surface area contributed by atoms with Crippen LogP contribution in [-0.2, 0) is 12.0 Å². The van der Waals surface area contributed by atoms with Crippen molar-refractivity contribution in [3.05, 3.63) is 22.2 Å². The predicted molar refractivity (Wildman–Crippen MR) is 64.2 cm³/mol. The third-order valence-electron chi connectivity index (χ3n) is 2.75. The topological polar surface area (TPSA) is 44.5 Å². The second kappa shape index (κ2) is 3.82. The van der Waals surface area contributed by atoms with Crippen molar-refractivity contribution in [3.8, 4) is 11.5 Å². The molecule has 1 heterocycles. The Hall–Kier alpha value is -0.930. The lowest BCUT2D eigenvalue weighted by Gasteiger charge is -2.24. The van der Waals surface area contributed by atoms with Gasteiger partial charge in [-0.25, -0.2) is 0 Å². The summed E-state index contributed by atoms with van der Waals surface area (Å²) in [4.78, 5) is 0. The average Bonchev–Trinajstić information content (AvgIpc) is 2.65. The van der Waals surface area contributed by atoms with E-state index in [9.17, 15) is 0 Å². The molecule has 3 nitrogen and oxygen atoms in total. The molecule has 0 fully saturated rings. The van der Waals surface area contributed by atoms with Crippen molar-refractivity contribution in [2.45, 2.75) is 32.7 Å². The lowest BCUT2D eigenvalue weighted by molar-refractivity contribution is 0.173. The largest absolute Gasteiger partial charge is 0.453 e. The Kier molecular flexibility index (Phi) is 2.76. The molecule has 0 unspecified atom stereocenters. The molecule has 0 aromatic heterocycles. The van der Waals surface area contributed by atoms with Gasteiger partial charge in [0.15, 0.2) is 11.5 Å².